The van der Waals surface area contributed by atoms with Gasteiger partial charge in [-0.25, -0.2) is 0 Å². The highest BCUT2D eigenvalue weighted by Gasteiger charge is 2.48. The Labute approximate surface area is 83.4 Å². The zero-order chi connectivity index (χ0) is 9.60. The van der Waals surface area contributed by atoms with Crippen molar-refractivity contribution in [2.45, 2.75) is 38.0 Å². The van der Waals surface area contributed by atoms with Gasteiger partial charge in [-0.15, -0.1) is 0 Å². The van der Waals surface area contributed by atoms with E-state index >= 15 is 0 Å². The Balaban J connectivity index is 1.76. The van der Waals surface area contributed by atoms with Crippen LogP contribution in [-0.2, 0) is 0 Å². The van der Waals surface area contributed by atoms with Crippen molar-refractivity contribution >= 4 is 0 Å². The minimum atomic E-state index is 0.0389. The van der Waals surface area contributed by atoms with Gasteiger partial charge in [-0.2, -0.15) is 0 Å². The van der Waals surface area contributed by atoms with Crippen molar-refractivity contribution in [1.82, 2.24) is 4.98 Å². The van der Waals surface area contributed by atoms with Crippen LogP contribution in [0.2, 0.25) is 0 Å². The van der Waals surface area contributed by atoms with E-state index in [-0.39, 0.29) is 5.56 Å². The predicted octanol–water partition coefficient (Wildman–Crippen LogP) is 2.42. The Morgan fingerprint density at radius 3 is 2.71 bits per heavy atom. The van der Waals surface area contributed by atoms with Gasteiger partial charge in [0.1, 0.15) is 0 Å². The number of H-pyrrole nitrogens is 1. The van der Waals surface area contributed by atoms with Crippen molar-refractivity contribution in [3.63, 3.8) is 0 Å². The van der Waals surface area contributed by atoms with Crippen LogP contribution in [0.1, 0.15) is 43.6 Å². The topological polar surface area (TPSA) is 32.9 Å². The van der Waals surface area contributed by atoms with E-state index in [0.717, 1.165) is 0 Å². The maximum atomic E-state index is 11.1. The molecule has 2 aliphatic carbocycles. The van der Waals surface area contributed by atoms with E-state index in [4.69, 9.17) is 0 Å². The van der Waals surface area contributed by atoms with Gasteiger partial charge in [0.05, 0.1) is 0 Å². The second kappa shape index (κ2) is 2.72. The van der Waals surface area contributed by atoms with Crippen LogP contribution in [0.25, 0.3) is 0 Å². The maximum Gasteiger partial charge on any atom is 0.248 e. The van der Waals surface area contributed by atoms with E-state index in [1.54, 1.807) is 12.3 Å². The number of aromatic nitrogens is 1. The summed E-state index contributed by atoms with van der Waals surface area (Å²) in [6.45, 7) is 0. The first kappa shape index (κ1) is 8.27. The summed E-state index contributed by atoms with van der Waals surface area (Å²) in [4.78, 5) is 13.8. The maximum absolute atomic E-state index is 11.1. The molecule has 14 heavy (non-hydrogen) atoms. The summed E-state index contributed by atoms with van der Waals surface area (Å²) < 4.78 is 0. The van der Waals surface area contributed by atoms with E-state index < -0.39 is 0 Å². The molecule has 0 unspecified atom stereocenters. The second-order valence-corrected chi connectivity index (χ2v) is 4.94. The Bertz CT molecular complexity index is 395. The van der Waals surface area contributed by atoms with E-state index in [0.29, 0.717) is 11.3 Å². The molecule has 1 aromatic heterocycles. The summed E-state index contributed by atoms with van der Waals surface area (Å²) in [5, 5.41) is 0. The van der Waals surface area contributed by atoms with E-state index in [2.05, 4.69) is 11.1 Å². The molecule has 0 amide bonds. The molecule has 1 spiro atoms. The number of rotatable bonds is 1. The van der Waals surface area contributed by atoms with Gasteiger partial charge in [0, 0.05) is 12.3 Å². The third-order valence-electron chi connectivity index (χ3n) is 4.04. The standard InChI is InChI=1S/C12H15NO/c14-11-6-9(2-5-13-11)10-7-12(8-10)3-1-4-12/h2,5-6,10H,1,3-4,7-8H2,(H,13,14). The SMILES string of the molecule is O=c1cc(C2CC3(CCC3)C2)cc[nH]1. The normalized spacial score (nSPS) is 24.3. The average Bonchev–Trinajstić information content (AvgIpc) is 1.98. The highest BCUT2D eigenvalue weighted by Crippen LogP contribution is 2.61. The molecule has 74 valence electrons. The molecular formula is C12H15NO. The molecule has 0 radical (unpaired) electrons. The largest absolute Gasteiger partial charge is 0.329 e. The zero-order valence-corrected chi connectivity index (χ0v) is 8.25. The fourth-order valence-corrected chi connectivity index (χ4v) is 3.02. The van der Waals surface area contributed by atoms with E-state index in [9.17, 15) is 4.79 Å². The van der Waals surface area contributed by atoms with Crippen LogP contribution in [0.3, 0.4) is 0 Å². The first-order chi connectivity index (χ1) is 6.77. The van der Waals surface area contributed by atoms with E-state index in [1.807, 2.05) is 0 Å². The van der Waals surface area contributed by atoms with Crippen molar-refractivity contribution in [2.24, 2.45) is 5.41 Å². The molecule has 0 aromatic carbocycles. The van der Waals surface area contributed by atoms with Crippen LogP contribution in [0.5, 0.6) is 0 Å². The molecular weight excluding hydrogens is 174 g/mol. The van der Waals surface area contributed by atoms with Crippen molar-refractivity contribution in [1.29, 1.82) is 0 Å². The predicted molar refractivity (Wildman–Crippen MR) is 55.3 cm³/mol. The van der Waals surface area contributed by atoms with Gasteiger partial charge in [0.25, 0.3) is 0 Å². The summed E-state index contributed by atoms with van der Waals surface area (Å²) in [7, 11) is 0. The average molecular weight is 189 g/mol. The van der Waals surface area contributed by atoms with Gasteiger partial charge in [-0.3, -0.25) is 4.79 Å². The summed E-state index contributed by atoms with van der Waals surface area (Å²) in [5.74, 6) is 0.664. The lowest BCUT2D eigenvalue weighted by Gasteiger charge is -2.54. The summed E-state index contributed by atoms with van der Waals surface area (Å²) in [6, 6.07) is 3.81. The Kier molecular flexibility index (Phi) is 1.61. The lowest BCUT2D eigenvalue weighted by Crippen LogP contribution is -2.41. The molecule has 0 atom stereocenters. The molecule has 0 bridgehead atoms. The van der Waals surface area contributed by atoms with Crippen LogP contribution < -0.4 is 5.56 Å². The third-order valence-corrected chi connectivity index (χ3v) is 4.04. The van der Waals surface area contributed by atoms with Gasteiger partial charge in [-0.05, 0) is 48.6 Å². The summed E-state index contributed by atoms with van der Waals surface area (Å²) >= 11 is 0. The fraction of sp³-hybridized carbons (Fsp3) is 0.583. The third kappa shape index (κ3) is 1.13. The molecule has 0 aliphatic heterocycles. The second-order valence-electron chi connectivity index (χ2n) is 4.94. The molecule has 3 rings (SSSR count). The number of pyridine rings is 1. The summed E-state index contributed by atoms with van der Waals surface area (Å²) in [6.07, 6.45) is 8.66. The highest BCUT2D eigenvalue weighted by atomic mass is 16.1. The molecule has 1 N–H and O–H groups in total. The van der Waals surface area contributed by atoms with E-state index in [1.165, 1.54) is 37.7 Å². The van der Waals surface area contributed by atoms with Crippen molar-refractivity contribution in [3.8, 4) is 0 Å². The van der Waals surface area contributed by atoms with Gasteiger partial charge in [0.2, 0.25) is 5.56 Å². The minimum absolute atomic E-state index is 0.0389. The molecule has 2 nitrogen and oxygen atoms in total. The minimum Gasteiger partial charge on any atom is -0.329 e. The van der Waals surface area contributed by atoms with Gasteiger partial charge >= 0.3 is 0 Å². The highest BCUT2D eigenvalue weighted by molar-refractivity contribution is 5.22. The molecule has 2 aliphatic rings. The van der Waals surface area contributed by atoms with Gasteiger partial charge in [0.15, 0.2) is 0 Å². The molecule has 1 aromatic rings. The molecule has 2 fully saturated rings. The molecule has 2 heteroatoms. The Hall–Kier alpha value is -1.05. The fourth-order valence-electron chi connectivity index (χ4n) is 3.02. The monoisotopic (exact) mass is 189 g/mol. The first-order valence-corrected chi connectivity index (χ1v) is 5.46. The quantitative estimate of drug-likeness (QED) is 0.723. The lowest BCUT2D eigenvalue weighted by molar-refractivity contribution is 0.00895. The van der Waals surface area contributed by atoms with Crippen molar-refractivity contribution < 1.29 is 0 Å². The van der Waals surface area contributed by atoms with Crippen LogP contribution in [-0.4, -0.2) is 4.98 Å². The van der Waals surface area contributed by atoms with Gasteiger partial charge in [-0.1, -0.05) is 6.42 Å². The number of hydrogen-bond donors (Lipinski definition) is 1. The summed E-state index contributed by atoms with van der Waals surface area (Å²) in [5.41, 5.74) is 1.98. The lowest BCUT2D eigenvalue weighted by atomic mass is 9.51. The van der Waals surface area contributed by atoms with Crippen LogP contribution >= 0.6 is 0 Å². The first-order valence-electron chi connectivity index (χ1n) is 5.46. The van der Waals surface area contributed by atoms with Gasteiger partial charge < -0.3 is 4.98 Å². The van der Waals surface area contributed by atoms with Crippen LogP contribution in [0.15, 0.2) is 23.1 Å². The smallest absolute Gasteiger partial charge is 0.248 e. The van der Waals surface area contributed by atoms with Crippen LogP contribution in [0, 0.1) is 5.41 Å². The molecule has 1 heterocycles. The van der Waals surface area contributed by atoms with Crippen molar-refractivity contribution in [3.05, 3.63) is 34.2 Å². The van der Waals surface area contributed by atoms with Crippen LogP contribution in [0.4, 0.5) is 0 Å². The Morgan fingerprint density at radius 2 is 2.14 bits per heavy atom. The van der Waals surface area contributed by atoms with Crippen molar-refractivity contribution in [2.75, 3.05) is 0 Å². The number of aromatic amines is 1. The molecule has 2 saturated carbocycles. The molecule has 0 saturated heterocycles. The number of nitrogens with one attached hydrogen (secondary N) is 1. The zero-order valence-electron chi connectivity index (χ0n) is 8.25. The Morgan fingerprint density at radius 1 is 1.36 bits per heavy atom. The number of hydrogen-bond acceptors (Lipinski definition) is 1.